The van der Waals surface area contributed by atoms with E-state index in [9.17, 15) is 13.2 Å². The van der Waals surface area contributed by atoms with Gasteiger partial charge in [-0.15, -0.1) is 0 Å². The largest absolute Gasteiger partial charge is 0.474 e. The van der Waals surface area contributed by atoms with Crippen LogP contribution in [0.2, 0.25) is 0 Å². The van der Waals surface area contributed by atoms with Crippen LogP contribution in [0, 0.1) is 0 Å². The highest BCUT2D eigenvalue weighted by Gasteiger charge is 2.36. The Kier molecular flexibility index (Phi) is 4.54. The number of rotatable bonds is 4. The molecule has 2 rings (SSSR count). The second-order valence-electron chi connectivity index (χ2n) is 4.95. The number of halogens is 3. The first-order valence-electron chi connectivity index (χ1n) is 6.68. The lowest BCUT2D eigenvalue weighted by molar-refractivity contribution is -0.139. The standard InChI is InChI=1S/C15H16F3N3O/c1-10(2)22-13-12(15(16,17)18)9-19-14(20-13)21(3)11-7-5-4-6-8-11/h4-10H,1-3H3. The summed E-state index contributed by atoms with van der Waals surface area (Å²) in [4.78, 5) is 9.32. The first kappa shape index (κ1) is 16.1. The number of nitrogens with zero attached hydrogens (tertiary/aromatic N) is 3. The number of benzene rings is 1. The van der Waals surface area contributed by atoms with Crippen LogP contribution in [0.4, 0.5) is 24.8 Å². The van der Waals surface area contributed by atoms with E-state index in [2.05, 4.69) is 9.97 Å². The predicted octanol–water partition coefficient (Wildman–Crippen LogP) is 4.05. The summed E-state index contributed by atoms with van der Waals surface area (Å²) in [5, 5.41) is 0. The first-order chi connectivity index (χ1) is 10.3. The van der Waals surface area contributed by atoms with Crippen LogP contribution in [0.1, 0.15) is 19.4 Å². The van der Waals surface area contributed by atoms with Crippen molar-refractivity contribution in [1.82, 2.24) is 9.97 Å². The molecule has 0 saturated carbocycles. The molecule has 0 aliphatic rings. The van der Waals surface area contributed by atoms with Gasteiger partial charge in [-0.2, -0.15) is 18.2 Å². The van der Waals surface area contributed by atoms with Gasteiger partial charge in [0.05, 0.1) is 6.10 Å². The van der Waals surface area contributed by atoms with Crippen molar-refractivity contribution in [2.45, 2.75) is 26.1 Å². The van der Waals surface area contributed by atoms with Gasteiger partial charge in [0, 0.05) is 18.9 Å². The molecule has 0 saturated heterocycles. The third-order valence-electron chi connectivity index (χ3n) is 2.84. The summed E-state index contributed by atoms with van der Waals surface area (Å²) in [5.41, 5.74) is -0.218. The molecule has 0 unspecified atom stereocenters. The maximum absolute atomic E-state index is 13.0. The fourth-order valence-electron chi connectivity index (χ4n) is 1.79. The Bertz CT molecular complexity index is 630. The van der Waals surface area contributed by atoms with Gasteiger partial charge < -0.3 is 9.64 Å². The maximum Gasteiger partial charge on any atom is 0.423 e. The third kappa shape index (κ3) is 3.66. The Morgan fingerprint density at radius 3 is 2.32 bits per heavy atom. The van der Waals surface area contributed by atoms with E-state index in [0.29, 0.717) is 0 Å². The molecule has 1 aromatic carbocycles. The number of ether oxygens (including phenoxy) is 1. The minimum atomic E-state index is -4.56. The maximum atomic E-state index is 13.0. The van der Waals surface area contributed by atoms with Crippen LogP contribution in [-0.4, -0.2) is 23.1 Å². The molecule has 7 heteroatoms. The molecule has 118 valence electrons. The van der Waals surface area contributed by atoms with E-state index in [1.807, 2.05) is 30.3 Å². The molecule has 1 heterocycles. The zero-order chi connectivity index (χ0) is 16.3. The van der Waals surface area contributed by atoms with Crippen LogP contribution in [0.15, 0.2) is 36.5 Å². The highest BCUT2D eigenvalue weighted by atomic mass is 19.4. The minimum absolute atomic E-state index is 0.134. The number of anilines is 2. The predicted molar refractivity (Wildman–Crippen MR) is 77.3 cm³/mol. The molecule has 4 nitrogen and oxygen atoms in total. The van der Waals surface area contributed by atoms with Crippen molar-refractivity contribution in [2.24, 2.45) is 0 Å². The van der Waals surface area contributed by atoms with Crippen molar-refractivity contribution in [3.63, 3.8) is 0 Å². The smallest absolute Gasteiger partial charge is 0.423 e. The van der Waals surface area contributed by atoms with E-state index >= 15 is 0 Å². The van der Waals surface area contributed by atoms with E-state index in [4.69, 9.17) is 4.74 Å². The average Bonchev–Trinajstić information content (AvgIpc) is 2.45. The Morgan fingerprint density at radius 2 is 1.77 bits per heavy atom. The molecule has 0 radical (unpaired) electrons. The van der Waals surface area contributed by atoms with E-state index < -0.39 is 23.7 Å². The van der Waals surface area contributed by atoms with Crippen LogP contribution >= 0.6 is 0 Å². The number of alkyl halides is 3. The normalized spacial score (nSPS) is 11.6. The van der Waals surface area contributed by atoms with Gasteiger partial charge in [-0.25, -0.2) is 4.98 Å². The lowest BCUT2D eigenvalue weighted by Gasteiger charge is -2.20. The SMILES string of the molecule is CC(C)Oc1nc(N(C)c2ccccc2)ncc1C(F)(F)F. The highest BCUT2D eigenvalue weighted by Crippen LogP contribution is 2.36. The average molecular weight is 311 g/mol. The molecule has 0 amide bonds. The van der Waals surface area contributed by atoms with Crippen LogP contribution in [0.25, 0.3) is 0 Å². The number of hydrogen-bond acceptors (Lipinski definition) is 4. The summed E-state index contributed by atoms with van der Waals surface area (Å²) in [6, 6.07) is 9.11. The third-order valence-corrected chi connectivity index (χ3v) is 2.84. The van der Waals surface area contributed by atoms with Crippen molar-refractivity contribution in [3.8, 4) is 5.88 Å². The molecule has 0 aliphatic heterocycles. The fourth-order valence-corrected chi connectivity index (χ4v) is 1.79. The second-order valence-corrected chi connectivity index (χ2v) is 4.95. The van der Waals surface area contributed by atoms with Gasteiger partial charge in [0.15, 0.2) is 0 Å². The molecule has 0 bridgehead atoms. The quantitative estimate of drug-likeness (QED) is 0.854. The number of para-hydroxylation sites is 1. The highest BCUT2D eigenvalue weighted by molar-refractivity contribution is 5.56. The topological polar surface area (TPSA) is 38.2 Å². The molecule has 0 fully saturated rings. The molecule has 1 aromatic heterocycles. The minimum Gasteiger partial charge on any atom is -0.474 e. The van der Waals surface area contributed by atoms with Crippen LogP contribution in [-0.2, 0) is 6.18 Å². The van der Waals surface area contributed by atoms with Crippen LogP contribution < -0.4 is 9.64 Å². The molecule has 2 aromatic rings. The van der Waals surface area contributed by atoms with Crippen molar-refractivity contribution in [3.05, 3.63) is 42.1 Å². The van der Waals surface area contributed by atoms with E-state index in [-0.39, 0.29) is 5.95 Å². The molecular weight excluding hydrogens is 295 g/mol. The van der Waals surface area contributed by atoms with Gasteiger partial charge in [-0.1, -0.05) is 18.2 Å². The van der Waals surface area contributed by atoms with Crippen molar-refractivity contribution in [1.29, 1.82) is 0 Å². The fraction of sp³-hybridized carbons (Fsp3) is 0.333. The Hall–Kier alpha value is -2.31. The van der Waals surface area contributed by atoms with Gasteiger partial charge in [-0.3, -0.25) is 0 Å². The number of aromatic nitrogens is 2. The van der Waals surface area contributed by atoms with Gasteiger partial charge in [-0.05, 0) is 26.0 Å². The van der Waals surface area contributed by atoms with Gasteiger partial charge in [0.25, 0.3) is 0 Å². The monoisotopic (exact) mass is 311 g/mol. The van der Waals surface area contributed by atoms with Crippen molar-refractivity contribution in [2.75, 3.05) is 11.9 Å². The molecular formula is C15H16F3N3O. The van der Waals surface area contributed by atoms with Crippen molar-refractivity contribution < 1.29 is 17.9 Å². The summed E-state index contributed by atoms with van der Waals surface area (Å²) in [7, 11) is 1.68. The zero-order valence-corrected chi connectivity index (χ0v) is 12.4. The second kappa shape index (κ2) is 6.21. The van der Waals surface area contributed by atoms with Gasteiger partial charge >= 0.3 is 6.18 Å². The first-order valence-corrected chi connectivity index (χ1v) is 6.68. The zero-order valence-electron chi connectivity index (χ0n) is 12.4. The molecule has 0 spiro atoms. The summed E-state index contributed by atoms with van der Waals surface area (Å²) in [5.74, 6) is -0.329. The molecule has 0 atom stereocenters. The van der Waals surface area contributed by atoms with Crippen molar-refractivity contribution >= 4 is 11.6 Å². The van der Waals surface area contributed by atoms with Crippen LogP contribution in [0.5, 0.6) is 5.88 Å². The summed E-state index contributed by atoms with van der Waals surface area (Å²) in [6.45, 7) is 3.28. The van der Waals surface area contributed by atoms with Gasteiger partial charge in [0.1, 0.15) is 5.56 Å². The van der Waals surface area contributed by atoms with Crippen LogP contribution in [0.3, 0.4) is 0 Å². The molecule has 22 heavy (non-hydrogen) atoms. The Morgan fingerprint density at radius 1 is 1.14 bits per heavy atom. The lowest BCUT2D eigenvalue weighted by atomic mass is 10.3. The summed E-state index contributed by atoms with van der Waals surface area (Å²) >= 11 is 0. The van der Waals surface area contributed by atoms with E-state index in [1.54, 1.807) is 25.8 Å². The Balaban J connectivity index is 2.42. The van der Waals surface area contributed by atoms with E-state index in [1.165, 1.54) is 0 Å². The van der Waals surface area contributed by atoms with Gasteiger partial charge in [0.2, 0.25) is 11.8 Å². The molecule has 0 N–H and O–H groups in total. The molecule has 0 aliphatic carbocycles. The Labute approximate surface area is 126 Å². The summed E-state index contributed by atoms with van der Waals surface area (Å²) in [6.07, 6.45) is -4.24. The summed E-state index contributed by atoms with van der Waals surface area (Å²) < 4.78 is 44.1. The van der Waals surface area contributed by atoms with E-state index in [0.717, 1.165) is 11.9 Å². The number of hydrogen-bond donors (Lipinski definition) is 0. The lowest BCUT2D eigenvalue weighted by Crippen LogP contribution is -2.18.